The lowest BCUT2D eigenvalue weighted by molar-refractivity contribution is -0.854. The van der Waals surface area contributed by atoms with E-state index < -0.39 is 0 Å². The quantitative estimate of drug-likeness (QED) is 0.688. The van der Waals surface area contributed by atoms with Gasteiger partial charge in [0.15, 0.2) is 0 Å². The maximum atomic E-state index is 13.8. The lowest BCUT2D eigenvalue weighted by Crippen LogP contribution is -3.08. The molecule has 6 nitrogen and oxygen atoms in total. The molecule has 2 aliphatic heterocycles. The van der Waals surface area contributed by atoms with Gasteiger partial charge >= 0.3 is 0 Å². The number of benzene rings is 1. The summed E-state index contributed by atoms with van der Waals surface area (Å²) in [7, 11) is 0. The third-order valence-electron chi connectivity index (χ3n) is 5.86. The average molecular weight is 394 g/mol. The Bertz CT molecular complexity index is 1020. The van der Waals surface area contributed by atoms with Gasteiger partial charge in [0.25, 0.3) is 0 Å². The van der Waals surface area contributed by atoms with Crippen molar-refractivity contribution in [3.63, 3.8) is 0 Å². The molecule has 2 aromatic heterocycles. The fraction of sp³-hybridized carbons (Fsp3) is 0.364. The molecule has 0 aliphatic carbocycles. The Hall–Kier alpha value is -2.77. The van der Waals surface area contributed by atoms with Crippen molar-refractivity contribution in [3.8, 4) is 5.88 Å². The van der Waals surface area contributed by atoms with E-state index in [0.717, 1.165) is 35.1 Å². The largest absolute Gasteiger partial charge is 0.634 e. The molecule has 0 saturated carbocycles. The molecule has 2 aliphatic rings. The number of ether oxygens (including phenoxy) is 1. The summed E-state index contributed by atoms with van der Waals surface area (Å²) in [4.78, 5) is 11.1. The third kappa shape index (κ3) is 3.75. The number of para-hydroxylation sites is 1. The van der Waals surface area contributed by atoms with Gasteiger partial charge in [0.1, 0.15) is 17.7 Å². The minimum atomic E-state index is -0.361. The molecular weight excluding hydrogens is 371 g/mol. The monoisotopic (exact) mass is 394 g/mol. The van der Waals surface area contributed by atoms with Gasteiger partial charge in [-0.1, -0.05) is 18.2 Å². The zero-order chi connectivity index (χ0) is 19.8. The normalized spacial score (nSPS) is 22.5. The van der Waals surface area contributed by atoms with Gasteiger partial charge in [0.05, 0.1) is 37.9 Å². The molecule has 2 saturated heterocycles. The summed E-state index contributed by atoms with van der Waals surface area (Å²) in [5.41, 5.74) is 1.77. The average Bonchev–Trinajstić information content (AvgIpc) is 2.71. The minimum absolute atomic E-state index is 0.00907. The number of nitrogens with zero attached hydrogens (tertiary/aromatic N) is 3. The first-order valence-corrected chi connectivity index (χ1v) is 10.1. The molecule has 0 atom stereocenters. The number of halogens is 1. The second-order valence-electron chi connectivity index (χ2n) is 7.87. The molecule has 4 heterocycles. The lowest BCUT2D eigenvalue weighted by atomic mass is 9.90. The van der Waals surface area contributed by atoms with Gasteiger partial charge in [-0.15, -0.1) is 0 Å². The molecule has 1 N–H and O–H groups in total. The number of pyridine rings is 2. The van der Waals surface area contributed by atoms with Gasteiger partial charge in [0, 0.05) is 23.8 Å². The molecule has 1 aromatic carbocycles. The van der Waals surface area contributed by atoms with Crippen molar-refractivity contribution in [1.82, 2.24) is 9.97 Å². The zero-order valence-electron chi connectivity index (χ0n) is 16.1. The number of fused-ring (bicyclic) bond motifs is 1. The lowest BCUT2D eigenvalue weighted by Gasteiger charge is -2.40. The predicted molar refractivity (Wildman–Crippen MR) is 109 cm³/mol. The van der Waals surface area contributed by atoms with E-state index in [1.165, 1.54) is 12.3 Å². The Morgan fingerprint density at radius 3 is 2.72 bits per heavy atom. The van der Waals surface area contributed by atoms with E-state index in [0.29, 0.717) is 32.1 Å². The number of quaternary nitrogens is 1. The van der Waals surface area contributed by atoms with E-state index in [2.05, 4.69) is 22.0 Å². The van der Waals surface area contributed by atoms with Crippen molar-refractivity contribution in [2.24, 2.45) is 0 Å². The number of rotatable bonds is 4. The Morgan fingerprint density at radius 2 is 1.90 bits per heavy atom. The third-order valence-corrected chi connectivity index (χ3v) is 5.86. The standard InChI is InChI=1S/C22H23FN4O2/c23-17-11-19(15-7-9-27(28)10-8-15)22(24-12-17)29-18-13-26(14-18)21-6-5-16-3-1-2-4-20(16)25-21/h1-6,11-12,15,18,27H,7-10,13-14H2. The Labute approximate surface area is 168 Å². The van der Waals surface area contributed by atoms with Crippen LogP contribution in [-0.2, 0) is 0 Å². The highest BCUT2D eigenvalue weighted by Gasteiger charge is 2.32. The first kappa shape index (κ1) is 18.3. The van der Waals surface area contributed by atoms with Gasteiger partial charge in [-0.2, -0.15) is 0 Å². The summed E-state index contributed by atoms with van der Waals surface area (Å²) < 4.78 is 19.9. The fourth-order valence-corrected chi connectivity index (χ4v) is 4.17. The summed E-state index contributed by atoms with van der Waals surface area (Å²) in [6.45, 7) is 2.52. The molecule has 0 amide bonds. The van der Waals surface area contributed by atoms with Gasteiger partial charge in [-0.05, 0) is 30.2 Å². The van der Waals surface area contributed by atoms with Crippen LogP contribution < -0.4 is 14.7 Å². The fourth-order valence-electron chi connectivity index (χ4n) is 4.17. The van der Waals surface area contributed by atoms with Crippen LogP contribution in [-0.4, -0.2) is 42.3 Å². The first-order chi connectivity index (χ1) is 14.2. The van der Waals surface area contributed by atoms with E-state index in [9.17, 15) is 9.60 Å². The van der Waals surface area contributed by atoms with Gasteiger partial charge in [-0.25, -0.2) is 14.4 Å². The number of aromatic nitrogens is 2. The van der Waals surface area contributed by atoms with Gasteiger partial charge in [0.2, 0.25) is 5.88 Å². The van der Waals surface area contributed by atoms with Crippen molar-refractivity contribution in [2.75, 3.05) is 31.1 Å². The number of nitrogens with one attached hydrogen (secondary N) is 1. The zero-order valence-corrected chi connectivity index (χ0v) is 16.1. The molecule has 150 valence electrons. The van der Waals surface area contributed by atoms with Crippen LogP contribution in [0.4, 0.5) is 10.2 Å². The number of piperidine rings is 1. The van der Waals surface area contributed by atoms with E-state index in [1.807, 2.05) is 24.3 Å². The first-order valence-electron chi connectivity index (χ1n) is 10.1. The highest BCUT2D eigenvalue weighted by Crippen LogP contribution is 2.33. The van der Waals surface area contributed by atoms with Crippen LogP contribution in [0.25, 0.3) is 10.9 Å². The van der Waals surface area contributed by atoms with Crippen LogP contribution in [0.2, 0.25) is 0 Å². The van der Waals surface area contributed by atoms with Crippen LogP contribution in [0.3, 0.4) is 0 Å². The highest BCUT2D eigenvalue weighted by atomic mass is 19.1. The van der Waals surface area contributed by atoms with Crippen LogP contribution in [0.1, 0.15) is 24.3 Å². The van der Waals surface area contributed by atoms with Crippen LogP contribution in [0.5, 0.6) is 5.88 Å². The van der Waals surface area contributed by atoms with Crippen molar-refractivity contribution in [3.05, 3.63) is 65.2 Å². The van der Waals surface area contributed by atoms with Crippen molar-refractivity contribution in [2.45, 2.75) is 24.9 Å². The number of hydrogen-bond acceptors (Lipinski definition) is 5. The molecule has 0 radical (unpaired) electrons. The maximum Gasteiger partial charge on any atom is 0.217 e. The summed E-state index contributed by atoms with van der Waals surface area (Å²) in [6.07, 6.45) is 2.66. The van der Waals surface area contributed by atoms with Crippen molar-refractivity contribution < 1.29 is 14.2 Å². The number of anilines is 1. The molecule has 29 heavy (non-hydrogen) atoms. The molecule has 5 rings (SSSR count). The number of hydroxylamine groups is 2. The minimum Gasteiger partial charge on any atom is -0.634 e. The molecular formula is C22H23FN4O2. The van der Waals surface area contributed by atoms with E-state index in [4.69, 9.17) is 9.72 Å². The summed E-state index contributed by atoms with van der Waals surface area (Å²) in [5.74, 6) is 1.20. The molecule has 7 heteroatoms. The second-order valence-corrected chi connectivity index (χ2v) is 7.87. The summed E-state index contributed by atoms with van der Waals surface area (Å²) >= 11 is 0. The molecule has 3 aromatic rings. The Morgan fingerprint density at radius 1 is 1.10 bits per heavy atom. The molecule has 2 fully saturated rings. The topological polar surface area (TPSA) is 65.8 Å². The SMILES string of the molecule is [O-][NH+]1CCC(c2cc(F)cnc2OC2CN(c3ccc4ccccc4n3)C2)CC1. The van der Waals surface area contributed by atoms with E-state index >= 15 is 0 Å². The summed E-state index contributed by atoms with van der Waals surface area (Å²) in [6, 6.07) is 13.7. The highest BCUT2D eigenvalue weighted by molar-refractivity contribution is 5.80. The van der Waals surface area contributed by atoms with Crippen molar-refractivity contribution >= 4 is 16.7 Å². The Balaban J connectivity index is 1.27. The van der Waals surface area contributed by atoms with E-state index in [1.54, 1.807) is 0 Å². The Kier molecular flexibility index (Phi) is 4.77. The van der Waals surface area contributed by atoms with E-state index in [-0.39, 0.29) is 22.9 Å². The number of hydrogen-bond donors (Lipinski definition) is 1. The summed E-state index contributed by atoms with van der Waals surface area (Å²) in [5, 5.41) is 12.9. The maximum absolute atomic E-state index is 13.8. The molecule has 0 spiro atoms. The van der Waals surface area contributed by atoms with Crippen molar-refractivity contribution in [1.29, 1.82) is 0 Å². The molecule has 0 unspecified atom stereocenters. The van der Waals surface area contributed by atoms with Gasteiger partial charge in [-0.3, -0.25) is 0 Å². The van der Waals surface area contributed by atoms with Crippen LogP contribution in [0.15, 0.2) is 48.7 Å². The molecule has 0 bridgehead atoms. The predicted octanol–water partition coefficient (Wildman–Crippen LogP) is 2.30. The van der Waals surface area contributed by atoms with Gasteiger partial charge < -0.3 is 19.9 Å². The smallest absolute Gasteiger partial charge is 0.217 e. The van der Waals surface area contributed by atoms with Crippen LogP contribution >= 0.6 is 0 Å². The second kappa shape index (κ2) is 7.57. The van der Waals surface area contributed by atoms with Crippen LogP contribution in [0, 0.1) is 11.0 Å².